The van der Waals surface area contributed by atoms with E-state index in [1.807, 2.05) is 21.1 Å². The third-order valence-electron chi connectivity index (χ3n) is 9.56. The van der Waals surface area contributed by atoms with Gasteiger partial charge >= 0.3 is 17.9 Å². The van der Waals surface area contributed by atoms with Crippen molar-refractivity contribution < 1.29 is 42.9 Å². The summed E-state index contributed by atoms with van der Waals surface area (Å²) >= 11 is 0. The third-order valence-corrected chi connectivity index (χ3v) is 9.56. The van der Waals surface area contributed by atoms with Crippen LogP contribution in [0.25, 0.3) is 0 Å². The first-order chi connectivity index (χ1) is 27.6. The Morgan fingerprint density at radius 1 is 0.526 bits per heavy atom. The standard InChI is InChI=1S/C48H85NO8/c1-6-8-10-12-14-16-18-20-21-22-23-24-25-27-29-31-33-35-37-39-46(51)57-44(43-56-48(47(52)53)54-41-40-49(3,4)5)42-55-45(50)38-36-34-32-30-28-26-19-17-15-13-11-9-7-2/h14,16-17,19-21,23-24,44,48H,6-13,15,18,22,25-43H2,1-5H3/p+1/b16-14-,19-17-,21-20-,24-23-. The molecule has 0 aromatic carbocycles. The van der Waals surface area contributed by atoms with Gasteiger partial charge in [-0.1, -0.05) is 140 Å². The van der Waals surface area contributed by atoms with Crippen molar-refractivity contribution in [1.82, 2.24) is 0 Å². The van der Waals surface area contributed by atoms with Gasteiger partial charge in [-0.15, -0.1) is 0 Å². The van der Waals surface area contributed by atoms with E-state index in [-0.39, 0.29) is 38.6 Å². The highest BCUT2D eigenvalue weighted by Gasteiger charge is 2.25. The highest BCUT2D eigenvalue weighted by molar-refractivity contribution is 5.71. The molecule has 0 aromatic rings. The Hall–Kier alpha value is -2.75. The number of carboxylic acid groups (broad SMARTS) is 1. The van der Waals surface area contributed by atoms with Crippen LogP contribution in [-0.2, 0) is 33.3 Å². The molecule has 0 spiro atoms. The van der Waals surface area contributed by atoms with E-state index in [2.05, 4.69) is 62.5 Å². The van der Waals surface area contributed by atoms with E-state index in [4.69, 9.17) is 18.9 Å². The number of quaternary nitrogens is 1. The molecule has 0 aliphatic carbocycles. The van der Waals surface area contributed by atoms with Crippen molar-refractivity contribution in [2.24, 2.45) is 0 Å². The maximum absolute atomic E-state index is 12.8. The zero-order chi connectivity index (χ0) is 42.1. The van der Waals surface area contributed by atoms with Gasteiger partial charge in [-0.25, -0.2) is 4.79 Å². The van der Waals surface area contributed by atoms with Gasteiger partial charge in [0.25, 0.3) is 6.29 Å². The fraction of sp³-hybridized carbons (Fsp3) is 0.771. The topological polar surface area (TPSA) is 108 Å². The first-order valence-electron chi connectivity index (χ1n) is 22.8. The molecule has 0 aromatic heterocycles. The molecule has 0 fully saturated rings. The van der Waals surface area contributed by atoms with E-state index >= 15 is 0 Å². The second-order valence-electron chi connectivity index (χ2n) is 16.4. The molecule has 0 heterocycles. The lowest BCUT2D eigenvalue weighted by Crippen LogP contribution is -2.40. The highest BCUT2D eigenvalue weighted by atomic mass is 16.7. The molecule has 9 nitrogen and oxygen atoms in total. The number of nitrogens with zero attached hydrogens (tertiary/aromatic N) is 1. The van der Waals surface area contributed by atoms with Crippen molar-refractivity contribution in [3.8, 4) is 0 Å². The number of hydrogen-bond donors (Lipinski definition) is 1. The van der Waals surface area contributed by atoms with Gasteiger partial charge in [-0.05, 0) is 77.0 Å². The smallest absolute Gasteiger partial charge is 0.361 e. The monoisotopic (exact) mass is 805 g/mol. The van der Waals surface area contributed by atoms with E-state index in [0.29, 0.717) is 17.4 Å². The Morgan fingerprint density at radius 3 is 1.46 bits per heavy atom. The molecule has 0 saturated heterocycles. The zero-order valence-electron chi connectivity index (χ0n) is 37.2. The van der Waals surface area contributed by atoms with Crippen LogP contribution in [0.4, 0.5) is 0 Å². The molecule has 0 aliphatic rings. The SMILES string of the molecule is CCCCC/C=C\C/C=C\C/C=C\CCCCCCCCC(=O)OC(COC(=O)CCCCCCC/C=C\CCCCCC)COC(OCC[N+](C)(C)C)C(=O)O. The van der Waals surface area contributed by atoms with Crippen LogP contribution in [0.2, 0.25) is 0 Å². The maximum Gasteiger partial charge on any atom is 0.361 e. The normalized spacial score (nSPS) is 13.4. The number of ether oxygens (including phenoxy) is 4. The Balaban J connectivity index is 4.47. The summed E-state index contributed by atoms with van der Waals surface area (Å²) in [7, 11) is 5.94. The lowest BCUT2D eigenvalue weighted by Gasteiger charge is -2.25. The largest absolute Gasteiger partial charge is 0.477 e. The predicted octanol–water partition coefficient (Wildman–Crippen LogP) is 12.0. The van der Waals surface area contributed by atoms with E-state index in [0.717, 1.165) is 89.9 Å². The molecule has 0 amide bonds. The van der Waals surface area contributed by atoms with Gasteiger partial charge in [0.1, 0.15) is 13.2 Å². The summed E-state index contributed by atoms with van der Waals surface area (Å²) in [5, 5.41) is 9.63. The Kier molecular flexibility index (Phi) is 38.1. The Labute approximate surface area is 349 Å². The minimum Gasteiger partial charge on any atom is -0.477 e. The average molecular weight is 805 g/mol. The Bertz CT molecular complexity index is 1080. The minimum atomic E-state index is -1.51. The van der Waals surface area contributed by atoms with Crippen LogP contribution in [-0.4, -0.2) is 87.4 Å². The summed E-state index contributed by atoms with van der Waals surface area (Å²) in [4.78, 5) is 37.1. The highest BCUT2D eigenvalue weighted by Crippen LogP contribution is 2.13. The van der Waals surface area contributed by atoms with Crippen LogP contribution in [0.5, 0.6) is 0 Å². The first-order valence-corrected chi connectivity index (χ1v) is 22.8. The summed E-state index contributed by atoms with van der Waals surface area (Å²) in [6, 6.07) is 0. The lowest BCUT2D eigenvalue weighted by molar-refractivity contribution is -0.870. The number of hydrogen-bond acceptors (Lipinski definition) is 7. The van der Waals surface area contributed by atoms with E-state index < -0.39 is 24.3 Å². The van der Waals surface area contributed by atoms with Gasteiger partial charge in [0.15, 0.2) is 6.10 Å². The zero-order valence-corrected chi connectivity index (χ0v) is 37.2. The van der Waals surface area contributed by atoms with Crippen LogP contribution >= 0.6 is 0 Å². The van der Waals surface area contributed by atoms with Crippen molar-refractivity contribution in [2.45, 2.75) is 193 Å². The number of esters is 2. The summed E-state index contributed by atoms with van der Waals surface area (Å²) in [5.74, 6) is -2.04. The van der Waals surface area contributed by atoms with Crippen LogP contribution in [0.1, 0.15) is 181 Å². The van der Waals surface area contributed by atoms with Crippen molar-refractivity contribution in [1.29, 1.82) is 0 Å². The van der Waals surface area contributed by atoms with E-state index in [1.165, 1.54) is 57.8 Å². The molecule has 1 N–H and O–H groups in total. The number of carbonyl (C=O) groups excluding carboxylic acids is 2. The number of aliphatic carboxylic acids is 1. The molecular weight excluding hydrogens is 719 g/mol. The molecule has 57 heavy (non-hydrogen) atoms. The molecular formula is C48H86NO8+. The summed E-state index contributed by atoms with van der Waals surface area (Å²) < 4.78 is 22.7. The molecule has 9 heteroatoms. The lowest BCUT2D eigenvalue weighted by atomic mass is 10.1. The minimum absolute atomic E-state index is 0.182. The number of unbranched alkanes of at least 4 members (excludes halogenated alkanes) is 18. The molecule has 0 bridgehead atoms. The number of rotatable bonds is 41. The van der Waals surface area contributed by atoms with E-state index in [1.54, 1.807) is 0 Å². The maximum atomic E-state index is 12.8. The van der Waals surface area contributed by atoms with Crippen molar-refractivity contribution in [2.75, 3.05) is 47.5 Å². The summed E-state index contributed by atoms with van der Waals surface area (Å²) in [6.07, 6.45) is 43.0. The van der Waals surface area contributed by atoms with Crippen LogP contribution in [0, 0.1) is 0 Å². The van der Waals surface area contributed by atoms with Crippen LogP contribution < -0.4 is 0 Å². The number of allylic oxidation sites excluding steroid dienone is 8. The van der Waals surface area contributed by atoms with E-state index in [9.17, 15) is 19.5 Å². The van der Waals surface area contributed by atoms with Crippen molar-refractivity contribution in [3.05, 3.63) is 48.6 Å². The molecule has 0 radical (unpaired) electrons. The van der Waals surface area contributed by atoms with Gasteiger partial charge in [-0.2, -0.15) is 0 Å². The number of carboxylic acids is 1. The van der Waals surface area contributed by atoms with Crippen molar-refractivity contribution in [3.63, 3.8) is 0 Å². The second kappa shape index (κ2) is 40.0. The number of carbonyl (C=O) groups is 3. The summed E-state index contributed by atoms with van der Waals surface area (Å²) in [6.45, 7) is 4.79. The third kappa shape index (κ3) is 41.2. The second-order valence-corrected chi connectivity index (χ2v) is 16.4. The Morgan fingerprint density at radius 2 is 0.947 bits per heavy atom. The van der Waals surface area contributed by atoms with Gasteiger partial charge in [0.05, 0.1) is 34.4 Å². The molecule has 0 aliphatic heterocycles. The van der Waals surface area contributed by atoms with Crippen LogP contribution in [0.15, 0.2) is 48.6 Å². The predicted molar refractivity (Wildman–Crippen MR) is 235 cm³/mol. The van der Waals surface area contributed by atoms with Gasteiger partial charge in [0, 0.05) is 12.8 Å². The van der Waals surface area contributed by atoms with Crippen molar-refractivity contribution >= 4 is 17.9 Å². The fourth-order valence-corrected chi connectivity index (χ4v) is 5.95. The fourth-order valence-electron chi connectivity index (χ4n) is 5.95. The molecule has 2 unspecified atom stereocenters. The quantitative estimate of drug-likeness (QED) is 0.0214. The molecule has 0 saturated carbocycles. The number of likely N-dealkylation sites (N-methyl/N-ethyl adjacent to an activating group) is 1. The first kappa shape index (κ1) is 54.2. The van der Waals surface area contributed by atoms with Gasteiger partial charge in [-0.3, -0.25) is 9.59 Å². The molecule has 0 rings (SSSR count). The van der Waals surface area contributed by atoms with Crippen LogP contribution in [0.3, 0.4) is 0 Å². The van der Waals surface area contributed by atoms with Gasteiger partial charge in [0.2, 0.25) is 0 Å². The summed E-state index contributed by atoms with van der Waals surface area (Å²) in [5.41, 5.74) is 0. The van der Waals surface area contributed by atoms with Gasteiger partial charge < -0.3 is 28.5 Å². The average Bonchev–Trinajstić information content (AvgIpc) is 3.17. The molecule has 2 atom stereocenters. The molecule has 330 valence electrons.